The third-order valence-corrected chi connectivity index (χ3v) is 5.65. The van der Waals surface area contributed by atoms with Gasteiger partial charge in [-0.05, 0) is 35.4 Å². The molecule has 0 unspecified atom stereocenters. The van der Waals surface area contributed by atoms with E-state index in [0.29, 0.717) is 5.75 Å². The quantitative estimate of drug-likeness (QED) is 0.484. The number of rotatable bonds is 7. The summed E-state index contributed by atoms with van der Waals surface area (Å²) in [6.07, 6.45) is 0. The molecule has 0 fully saturated rings. The predicted molar refractivity (Wildman–Crippen MR) is 105 cm³/mol. The Balaban J connectivity index is 1.97. The second kappa shape index (κ2) is 8.20. The minimum absolute atomic E-state index is 0.0486. The number of nitro benzene ring substituents is 1. The molecule has 1 atom stereocenters. The van der Waals surface area contributed by atoms with Crippen LogP contribution in [0.25, 0.3) is 0 Å². The highest BCUT2D eigenvalue weighted by Crippen LogP contribution is 2.26. The smallest absolute Gasteiger partial charge is 0.269 e. The normalized spacial score (nSPS) is 12.3. The standard InChI is InChI=1S/C20H18N2O5S/c1-27-18-11-7-16(8-12-18)20(15-5-3-2-4-6-15)21-28(25,26)19-13-9-17(10-14-19)22(23)24/h2-14,20-21H,1H3/t20-/m1/s1. The number of hydrogen-bond acceptors (Lipinski definition) is 5. The molecule has 0 aliphatic carbocycles. The highest BCUT2D eigenvalue weighted by Gasteiger charge is 2.23. The first-order valence-electron chi connectivity index (χ1n) is 8.36. The van der Waals surface area contributed by atoms with Gasteiger partial charge in [-0.3, -0.25) is 10.1 Å². The summed E-state index contributed by atoms with van der Waals surface area (Å²) in [5, 5.41) is 10.8. The molecule has 0 aliphatic rings. The van der Waals surface area contributed by atoms with Gasteiger partial charge in [0.1, 0.15) is 5.75 Å². The van der Waals surface area contributed by atoms with E-state index in [1.807, 2.05) is 30.3 Å². The number of methoxy groups -OCH3 is 1. The van der Waals surface area contributed by atoms with Gasteiger partial charge in [-0.2, -0.15) is 4.72 Å². The molecule has 0 amide bonds. The number of nitrogens with zero attached hydrogens (tertiary/aromatic N) is 1. The molecule has 3 rings (SSSR count). The molecule has 0 aromatic heterocycles. The van der Waals surface area contributed by atoms with Gasteiger partial charge in [0.05, 0.1) is 23.0 Å². The summed E-state index contributed by atoms with van der Waals surface area (Å²) in [5.41, 5.74) is 1.32. The zero-order valence-electron chi connectivity index (χ0n) is 15.0. The van der Waals surface area contributed by atoms with Gasteiger partial charge in [-0.1, -0.05) is 42.5 Å². The van der Waals surface area contributed by atoms with Crippen molar-refractivity contribution in [2.45, 2.75) is 10.9 Å². The van der Waals surface area contributed by atoms with Crippen LogP contribution in [0.15, 0.2) is 83.8 Å². The predicted octanol–water partition coefficient (Wildman–Crippen LogP) is 3.67. The lowest BCUT2D eigenvalue weighted by Crippen LogP contribution is -2.29. The molecule has 8 heteroatoms. The van der Waals surface area contributed by atoms with Crippen LogP contribution in [-0.4, -0.2) is 20.5 Å². The van der Waals surface area contributed by atoms with E-state index in [1.165, 1.54) is 24.3 Å². The molecule has 0 bridgehead atoms. The molecule has 144 valence electrons. The van der Waals surface area contributed by atoms with E-state index in [4.69, 9.17) is 4.74 Å². The average molecular weight is 398 g/mol. The van der Waals surface area contributed by atoms with Crippen molar-refractivity contribution in [2.24, 2.45) is 0 Å². The van der Waals surface area contributed by atoms with Crippen LogP contribution < -0.4 is 9.46 Å². The fourth-order valence-corrected chi connectivity index (χ4v) is 3.95. The van der Waals surface area contributed by atoms with Crippen molar-refractivity contribution >= 4 is 15.7 Å². The zero-order valence-corrected chi connectivity index (χ0v) is 15.8. The maximum atomic E-state index is 12.9. The van der Waals surface area contributed by atoms with E-state index >= 15 is 0 Å². The van der Waals surface area contributed by atoms with Crippen molar-refractivity contribution in [3.05, 3.63) is 100 Å². The number of non-ortho nitro benzene ring substituents is 1. The molecule has 0 saturated carbocycles. The summed E-state index contributed by atoms with van der Waals surface area (Å²) in [7, 11) is -2.36. The second-order valence-electron chi connectivity index (χ2n) is 5.99. The van der Waals surface area contributed by atoms with Gasteiger partial charge in [-0.25, -0.2) is 8.42 Å². The Morgan fingerprint density at radius 2 is 1.46 bits per heavy atom. The SMILES string of the molecule is COc1ccc([C@H](NS(=O)(=O)c2ccc([N+](=O)[O-])cc2)c2ccccc2)cc1. The van der Waals surface area contributed by atoms with E-state index in [-0.39, 0.29) is 10.6 Å². The summed E-state index contributed by atoms with van der Waals surface area (Å²) in [6, 6.07) is 20.4. The van der Waals surface area contributed by atoms with E-state index < -0.39 is 21.0 Å². The molecule has 0 spiro atoms. The number of hydrogen-bond donors (Lipinski definition) is 1. The monoisotopic (exact) mass is 398 g/mol. The van der Waals surface area contributed by atoms with E-state index in [2.05, 4.69) is 4.72 Å². The Labute approximate surface area is 162 Å². The summed E-state index contributed by atoms with van der Waals surface area (Å²) < 4.78 is 33.6. The molecule has 28 heavy (non-hydrogen) atoms. The number of sulfonamides is 1. The Kier molecular flexibility index (Phi) is 5.72. The minimum atomic E-state index is -3.92. The molecule has 0 heterocycles. The summed E-state index contributed by atoms with van der Waals surface area (Å²) >= 11 is 0. The van der Waals surface area contributed by atoms with Gasteiger partial charge < -0.3 is 4.74 Å². The van der Waals surface area contributed by atoms with E-state index in [1.54, 1.807) is 31.4 Å². The second-order valence-corrected chi connectivity index (χ2v) is 7.70. The largest absolute Gasteiger partial charge is 0.497 e. The van der Waals surface area contributed by atoms with Crippen LogP contribution in [0.1, 0.15) is 17.2 Å². The van der Waals surface area contributed by atoms with Gasteiger partial charge in [0.2, 0.25) is 10.0 Å². The minimum Gasteiger partial charge on any atom is -0.497 e. The third kappa shape index (κ3) is 4.36. The number of nitrogens with one attached hydrogen (secondary N) is 1. The Morgan fingerprint density at radius 1 is 0.893 bits per heavy atom. The molecule has 1 N–H and O–H groups in total. The van der Waals surface area contributed by atoms with Crippen LogP contribution >= 0.6 is 0 Å². The Morgan fingerprint density at radius 3 is 2.00 bits per heavy atom. The van der Waals surface area contributed by atoms with Gasteiger partial charge in [0.25, 0.3) is 5.69 Å². The summed E-state index contributed by atoms with van der Waals surface area (Å²) in [5.74, 6) is 0.661. The van der Waals surface area contributed by atoms with Crippen LogP contribution in [0.3, 0.4) is 0 Å². The first kappa shape index (κ1) is 19.5. The average Bonchev–Trinajstić information content (AvgIpc) is 2.73. The maximum absolute atomic E-state index is 12.9. The highest BCUT2D eigenvalue weighted by molar-refractivity contribution is 7.89. The van der Waals surface area contributed by atoms with Gasteiger partial charge >= 0.3 is 0 Å². The topological polar surface area (TPSA) is 98.5 Å². The van der Waals surface area contributed by atoms with Crippen LogP contribution in [-0.2, 0) is 10.0 Å². The summed E-state index contributed by atoms with van der Waals surface area (Å²) in [6.45, 7) is 0. The number of nitro groups is 1. The number of ether oxygens (including phenoxy) is 1. The van der Waals surface area contributed by atoms with Crippen molar-refractivity contribution in [3.63, 3.8) is 0 Å². The van der Waals surface area contributed by atoms with Crippen LogP contribution in [0, 0.1) is 10.1 Å². The molecular weight excluding hydrogens is 380 g/mol. The van der Waals surface area contributed by atoms with E-state index in [9.17, 15) is 18.5 Å². The molecule has 3 aromatic rings. The Bertz CT molecular complexity index is 1050. The molecule has 0 saturated heterocycles. The summed E-state index contributed by atoms with van der Waals surface area (Å²) in [4.78, 5) is 10.2. The Hall–Kier alpha value is -3.23. The molecular formula is C20H18N2O5S. The van der Waals surface area contributed by atoms with Crippen molar-refractivity contribution in [1.29, 1.82) is 0 Å². The first-order chi connectivity index (χ1) is 13.4. The third-order valence-electron chi connectivity index (χ3n) is 4.21. The van der Waals surface area contributed by atoms with Crippen LogP contribution in [0.4, 0.5) is 5.69 Å². The van der Waals surface area contributed by atoms with Crippen molar-refractivity contribution in [2.75, 3.05) is 7.11 Å². The lowest BCUT2D eigenvalue weighted by molar-refractivity contribution is -0.384. The van der Waals surface area contributed by atoms with Crippen LogP contribution in [0.5, 0.6) is 5.75 Å². The number of benzene rings is 3. The van der Waals surface area contributed by atoms with Crippen molar-refractivity contribution < 1.29 is 18.1 Å². The van der Waals surface area contributed by atoms with Gasteiger partial charge in [-0.15, -0.1) is 0 Å². The molecule has 7 nitrogen and oxygen atoms in total. The molecule has 0 aliphatic heterocycles. The fourth-order valence-electron chi connectivity index (χ4n) is 2.74. The van der Waals surface area contributed by atoms with Gasteiger partial charge in [0.15, 0.2) is 0 Å². The van der Waals surface area contributed by atoms with Crippen molar-refractivity contribution in [3.8, 4) is 5.75 Å². The van der Waals surface area contributed by atoms with Gasteiger partial charge in [0, 0.05) is 12.1 Å². The lowest BCUT2D eigenvalue weighted by Gasteiger charge is -2.20. The lowest BCUT2D eigenvalue weighted by atomic mass is 10.00. The van der Waals surface area contributed by atoms with Crippen LogP contribution in [0.2, 0.25) is 0 Å². The first-order valence-corrected chi connectivity index (χ1v) is 9.85. The zero-order chi connectivity index (χ0) is 20.1. The maximum Gasteiger partial charge on any atom is 0.269 e. The molecule has 0 radical (unpaired) electrons. The van der Waals surface area contributed by atoms with E-state index in [0.717, 1.165) is 11.1 Å². The fraction of sp³-hybridized carbons (Fsp3) is 0.100. The van der Waals surface area contributed by atoms with Crippen molar-refractivity contribution in [1.82, 2.24) is 4.72 Å². The molecule has 3 aromatic carbocycles. The highest BCUT2D eigenvalue weighted by atomic mass is 32.2.